The maximum Gasteiger partial charge on any atom is 0.248 e. The topological polar surface area (TPSA) is 75.8 Å². The lowest BCUT2D eigenvalue weighted by Crippen LogP contribution is -2.40. The van der Waals surface area contributed by atoms with Crippen LogP contribution in [0.4, 0.5) is 0 Å². The molecule has 1 atom stereocenters. The zero-order valence-electron chi connectivity index (χ0n) is 8.32. The number of aliphatic hydroxyl groups excluding tert-OH is 1. The van der Waals surface area contributed by atoms with E-state index in [9.17, 15) is 4.79 Å². The molecule has 1 saturated heterocycles. The Labute approximate surface area is 83.8 Å². The van der Waals surface area contributed by atoms with Crippen molar-refractivity contribution in [2.45, 2.75) is 18.9 Å². The molecule has 5 heteroatoms. The second-order valence-corrected chi connectivity index (χ2v) is 3.41. The number of nitrogens with two attached hydrogens (primary N) is 1. The van der Waals surface area contributed by atoms with Crippen LogP contribution in [0.15, 0.2) is 0 Å². The highest BCUT2D eigenvalue weighted by atomic mass is 16.5. The third-order valence-corrected chi connectivity index (χ3v) is 2.40. The van der Waals surface area contributed by atoms with Crippen LogP contribution in [0.3, 0.4) is 0 Å². The van der Waals surface area contributed by atoms with Gasteiger partial charge in [-0.05, 0) is 12.8 Å². The first-order valence-electron chi connectivity index (χ1n) is 4.97. The van der Waals surface area contributed by atoms with E-state index in [-0.39, 0.29) is 25.2 Å². The summed E-state index contributed by atoms with van der Waals surface area (Å²) in [7, 11) is 0. The monoisotopic (exact) mass is 202 g/mol. The van der Waals surface area contributed by atoms with E-state index in [0.717, 1.165) is 19.4 Å². The van der Waals surface area contributed by atoms with Gasteiger partial charge >= 0.3 is 0 Å². The SMILES string of the molecule is NCCOCC(=O)N1CCC[C@H]1CO. The summed E-state index contributed by atoms with van der Waals surface area (Å²) >= 11 is 0. The second-order valence-electron chi connectivity index (χ2n) is 3.41. The maximum atomic E-state index is 11.5. The van der Waals surface area contributed by atoms with Gasteiger partial charge in [-0.3, -0.25) is 4.79 Å². The number of ether oxygens (including phenoxy) is 1. The van der Waals surface area contributed by atoms with Gasteiger partial charge in [-0.2, -0.15) is 0 Å². The summed E-state index contributed by atoms with van der Waals surface area (Å²) in [6.07, 6.45) is 1.85. The first kappa shape index (κ1) is 11.4. The number of aliphatic hydroxyl groups is 1. The van der Waals surface area contributed by atoms with E-state index in [1.807, 2.05) is 0 Å². The van der Waals surface area contributed by atoms with E-state index in [1.54, 1.807) is 4.90 Å². The highest BCUT2D eigenvalue weighted by molar-refractivity contribution is 5.78. The molecular weight excluding hydrogens is 184 g/mol. The van der Waals surface area contributed by atoms with Crippen molar-refractivity contribution in [1.82, 2.24) is 4.90 Å². The van der Waals surface area contributed by atoms with Crippen molar-refractivity contribution in [1.29, 1.82) is 0 Å². The van der Waals surface area contributed by atoms with Gasteiger partial charge in [-0.25, -0.2) is 0 Å². The van der Waals surface area contributed by atoms with Crippen molar-refractivity contribution >= 4 is 5.91 Å². The van der Waals surface area contributed by atoms with Gasteiger partial charge in [0.1, 0.15) is 6.61 Å². The van der Waals surface area contributed by atoms with Gasteiger partial charge in [0.2, 0.25) is 5.91 Å². The number of nitrogens with zero attached hydrogens (tertiary/aromatic N) is 1. The van der Waals surface area contributed by atoms with Crippen LogP contribution in [0.5, 0.6) is 0 Å². The largest absolute Gasteiger partial charge is 0.394 e. The molecule has 82 valence electrons. The molecule has 0 aromatic carbocycles. The fourth-order valence-corrected chi connectivity index (χ4v) is 1.68. The summed E-state index contributed by atoms with van der Waals surface area (Å²) in [5.74, 6) is -0.0463. The van der Waals surface area contributed by atoms with Crippen LogP contribution >= 0.6 is 0 Å². The van der Waals surface area contributed by atoms with Gasteiger partial charge in [0, 0.05) is 13.1 Å². The van der Waals surface area contributed by atoms with Crippen LogP contribution < -0.4 is 5.73 Å². The van der Waals surface area contributed by atoms with Gasteiger partial charge in [0.25, 0.3) is 0 Å². The average Bonchev–Trinajstić information content (AvgIpc) is 2.65. The normalized spacial score (nSPS) is 21.6. The third kappa shape index (κ3) is 2.94. The molecular formula is C9H18N2O3. The van der Waals surface area contributed by atoms with E-state index in [4.69, 9.17) is 15.6 Å². The lowest BCUT2D eigenvalue weighted by atomic mass is 10.2. The van der Waals surface area contributed by atoms with Crippen molar-refractivity contribution in [3.63, 3.8) is 0 Å². The molecule has 1 amide bonds. The molecule has 0 radical (unpaired) electrons. The summed E-state index contributed by atoms with van der Waals surface area (Å²) < 4.78 is 5.05. The predicted octanol–water partition coefficient (Wildman–Crippen LogP) is -1.05. The highest BCUT2D eigenvalue weighted by Crippen LogP contribution is 2.16. The minimum absolute atomic E-state index is 0.0102. The van der Waals surface area contributed by atoms with Crippen molar-refractivity contribution in [3.05, 3.63) is 0 Å². The van der Waals surface area contributed by atoms with Crippen LogP contribution in [0.25, 0.3) is 0 Å². The third-order valence-electron chi connectivity index (χ3n) is 2.40. The van der Waals surface area contributed by atoms with Gasteiger partial charge < -0.3 is 20.5 Å². The standard InChI is InChI=1S/C9H18N2O3/c10-3-5-14-7-9(13)11-4-1-2-8(11)6-12/h8,12H,1-7,10H2/t8-/m0/s1. The summed E-state index contributed by atoms with van der Waals surface area (Å²) in [4.78, 5) is 13.2. The molecule has 1 heterocycles. The quantitative estimate of drug-likeness (QED) is 0.557. The van der Waals surface area contributed by atoms with E-state index in [1.165, 1.54) is 0 Å². The Hall–Kier alpha value is -0.650. The zero-order valence-corrected chi connectivity index (χ0v) is 8.32. The second kappa shape index (κ2) is 5.95. The zero-order chi connectivity index (χ0) is 10.4. The van der Waals surface area contributed by atoms with E-state index in [0.29, 0.717) is 13.2 Å². The van der Waals surface area contributed by atoms with Crippen LogP contribution in [-0.2, 0) is 9.53 Å². The van der Waals surface area contributed by atoms with Gasteiger partial charge in [-0.15, -0.1) is 0 Å². The molecule has 0 saturated carbocycles. The molecule has 0 bridgehead atoms. The minimum Gasteiger partial charge on any atom is -0.394 e. The van der Waals surface area contributed by atoms with Crippen LogP contribution in [0.2, 0.25) is 0 Å². The Kier molecular flexibility index (Phi) is 4.86. The Morgan fingerprint density at radius 2 is 2.43 bits per heavy atom. The van der Waals surface area contributed by atoms with Crippen LogP contribution in [0.1, 0.15) is 12.8 Å². The highest BCUT2D eigenvalue weighted by Gasteiger charge is 2.27. The lowest BCUT2D eigenvalue weighted by Gasteiger charge is -2.22. The molecule has 0 aromatic heterocycles. The number of hydrogen-bond donors (Lipinski definition) is 2. The fourth-order valence-electron chi connectivity index (χ4n) is 1.68. The number of carbonyl (C=O) groups is 1. The van der Waals surface area contributed by atoms with E-state index in [2.05, 4.69) is 0 Å². The first-order chi connectivity index (χ1) is 6.79. The maximum absolute atomic E-state index is 11.5. The Morgan fingerprint density at radius 1 is 1.64 bits per heavy atom. The molecule has 0 aliphatic carbocycles. The summed E-state index contributed by atoms with van der Waals surface area (Å²) in [6.45, 7) is 1.69. The van der Waals surface area contributed by atoms with Gasteiger partial charge in [-0.1, -0.05) is 0 Å². The fraction of sp³-hybridized carbons (Fsp3) is 0.889. The molecule has 1 fully saturated rings. The lowest BCUT2D eigenvalue weighted by molar-refractivity contribution is -0.137. The predicted molar refractivity (Wildman–Crippen MR) is 51.7 cm³/mol. The van der Waals surface area contributed by atoms with Crippen molar-refractivity contribution in [2.75, 3.05) is 32.9 Å². The molecule has 3 N–H and O–H groups in total. The minimum atomic E-state index is -0.0463. The molecule has 5 nitrogen and oxygen atoms in total. The molecule has 1 rings (SSSR count). The van der Waals surface area contributed by atoms with E-state index < -0.39 is 0 Å². The average molecular weight is 202 g/mol. The van der Waals surface area contributed by atoms with Gasteiger partial charge in [0.05, 0.1) is 19.3 Å². The van der Waals surface area contributed by atoms with Crippen LogP contribution in [-0.4, -0.2) is 54.9 Å². The smallest absolute Gasteiger partial charge is 0.248 e. The number of hydrogen-bond acceptors (Lipinski definition) is 4. The number of amides is 1. The Morgan fingerprint density at radius 3 is 3.07 bits per heavy atom. The molecule has 0 spiro atoms. The van der Waals surface area contributed by atoms with Gasteiger partial charge in [0.15, 0.2) is 0 Å². The first-order valence-corrected chi connectivity index (χ1v) is 4.97. The summed E-state index contributed by atoms with van der Waals surface area (Å²) in [5, 5.41) is 9.00. The summed E-state index contributed by atoms with van der Waals surface area (Å²) in [6, 6.07) is -0.0102. The number of carbonyl (C=O) groups excluding carboxylic acids is 1. The molecule has 1 aliphatic rings. The number of rotatable bonds is 5. The van der Waals surface area contributed by atoms with Crippen molar-refractivity contribution in [3.8, 4) is 0 Å². The van der Waals surface area contributed by atoms with Crippen LogP contribution in [0, 0.1) is 0 Å². The molecule has 0 unspecified atom stereocenters. The van der Waals surface area contributed by atoms with E-state index >= 15 is 0 Å². The molecule has 1 aliphatic heterocycles. The van der Waals surface area contributed by atoms with Crippen molar-refractivity contribution in [2.24, 2.45) is 5.73 Å². The number of likely N-dealkylation sites (tertiary alicyclic amines) is 1. The Balaban J connectivity index is 2.28. The molecule has 0 aromatic rings. The van der Waals surface area contributed by atoms with Crippen molar-refractivity contribution < 1.29 is 14.6 Å². The summed E-state index contributed by atoms with van der Waals surface area (Å²) in [5.41, 5.74) is 5.23. The molecule has 14 heavy (non-hydrogen) atoms. The Bertz CT molecular complexity index is 187.